The van der Waals surface area contributed by atoms with Gasteiger partial charge in [0.25, 0.3) is 0 Å². The number of hydrogen-bond acceptors (Lipinski definition) is 3. The second-order valence-electron chi connectivity index (χ2n) is 1.85. The Morgan fingerprint density at radius 3 is 3.10 bits per heavy atom. The monoisotopic (exact) mass is 327 g/mol. The van der Waals surface area contributed by atoms with Gasteiger partial charge in [-0.1, -0.05) is 0 Å². The van der Waals surface area contributed by atoms with Gasteiger partial charge >= 0.3 is 73.4 Å². The third-order valence-corrected chi connectivity index (χ3v) is 2.49. The molecule has 0 amide bonds. The Hall–Kier alpha value is -0.528. The van der Waals surface area contributed by atoms with Gasteiger partial charge in [0.05, 0.1) is 0 Å². The summed E-state index contributed by atoms with van der Waals surface area (Å²) in [6, 6.07) is 0. The molecule has 0 aliphatic carbocycles. The standard InChI is InChI=1S/C5H3N4.Pb/c1-4-5(8-2-6-1)9-3-7-4;/h1-3H;/q-1;+1. The van der Waals surface area contributed by atoms with Gasteiger partial charge in [0.2, 0.25) is 0 Å². The van der Waals surface area contributed by atoms with E-state index in [9.17, 15) is 0 Å². The second kappa shape index (κ2) is 2.26. The van der Waals surface area contributed by atoms with Crippen LogP contribution in [0.4, 0.5) is 0 Å². The fraction of sp³-hybridized carbons (Fsp3) is 0. The van der Waals surface area contributed by atoms with Crippen molar-refractivity contribution >= 4 is 37.2 Å². The molecule has 2 rings (SSSR count). The quantitative estimate of drug-likeness (QED) is 0.628. The molecule has 0 saturated carbocycles. The van der Waals surface area contributed by atoms with E-state index in [0.29, 0.717) is 0 Å². The first-order valence-electron chi connectivity index (χ1n) is 2.72. The van der Waals surface area contributed by atoms with E-state index in [4.69, 9.17) is 0 Å². The van der Waals surface area contributed by atoms with Crippen molar-refractivity contribution in [3.63, 3.8) is 0 Å². The zero-order valence-corrected chi connectivity index (χ0v) is 8.91. The summed E-state index contributed by atoms with van der Waals surface area (Å²) < 4.78 is 2.00. The maximum atomic E-state index is 4.09. The van der Waals surface area contributed by atoms with Crippen molar-refractivity contribution in [3.8, 4) is 0 Å². The molecule has 2 heterocycles. The molecule has 3 radical (unpaired) electrons. The van der Waals surface area contributed by atoms with Crippen LogP contribution in [0.3, 0.4) is 0 Å². The number of fused-ring (bicyclic) bond motifs is 1. The van der Waals surface area contributed by atoms with Gasteiger partial charge < -0.3 is 0 Å². The first-order chi connectivity index (χ1) is 4.88. The minimum absolute atomic E-state index is 0.873. The van der Waals surface area contributed by atoms with E-state index in [1.807, 2.05) is 2.38 Å². The van der Waals surface area contributed by atoms with E-state index in [2.05, 4.69) is 15.0 Å². The number of imidazole rings is 1. The Morgan fingerprint density at radius 1 is 1.40 bits per heavy atom. The third-order valence-electron chi connectivity index (χ3n) is 1.21. The summed E-state index contributed by atoms with van der Waals surface area (Å²) in [6.07, 6.45) is 5.04. The number of aromatic nitrogens is 4. The van der Waals surface area contributed by atoms with Gasteiger partial charge in [-0.15, -0.1) is 0 Å². The van der Waals surface area contributed by atoms with E-state index in [0.717, 1.165) is 37.2 Å². The molecule has 0 atom stereocenters. The topological polar surface area (TPSA) is 43.6 Å². The molecule has 0 aromatic carbocycles. The summed E-state index contributed by atoms with van der Waals surface area (Å²) in [6.45, 7) is 0. The average Bonchev–Trinajstić information content (AvgIpc) is 2.34. The van der Waals surface area contributed by atoms with Crippen LogP contribution in [-0.2, 0) is 0 Å². The first kappa shape index (κ1) is 6.20. The average molecular weight is 326 g/mol. The van der Waals surface area contributed by atoms with Crippen LogP contribution >= 0.6 is 0 Å². The van der Waals surface area contributed by atoms with Gasteiger partial charge in [-0.25, -0.2) is 0 Å². The van der Waals surface area contributed by atoms with Crippen molar-refractivity contribution in [2.45, 2.75) is 0 Å². The van der Waals surface area contributed by atoms with Crippen molar-refractivity contribution in [2.24, 2.45) is 0 Å². The van der Waals surface area contributed by atoms with Crippen molar-refractivity contribution in [1.82, 2.24) is 17.3 Å². The zero-order chi connectivity index (χ0) is 6.97. The van der Waals surface area contributed by atoms with Gasteiger partial charge in [0.1, 0.15) is 0 Å². The summed E-state index contributed by atoms with van der Waals surface area (Å²) in [5, 5.41) is 0. The molecular formula is C5H3N4Pb. The van der Waals surface area contributed by atoms with Gasteiger partial charge in [-0.3, -0.25) is 0 Å². The fourth-order valence-electron chi connectivity index (χ4n) is 0.767. The molecule has 0 bridgehead atoms. The summed E-state index contributed by atoms with van der Waals surface area (Å²) in [5.74, 6) is 0. The second-order valence-corrected chi connectivity index (χ2v) is 3.72. The fourth-order valence-corrected chi connectivity index (χ4v) is 1.66. The number of nitrogens with zero attached hydrogens (tertiary/aromatic N) is 4. The molecule has 0 unspecified atom stereocenters. The Balaban J connectivity index is 2.93. The summed E-state index contributed by atoms with van der Waals surface area (Å²) in [4.78, 5) is 12.0. The first-order valence-corrected chi connectivity index (χ1v) is 4.46. The van der Waals surface area contributed by atoms with Gasteiger partial charge in [-0.2, -0.15) is 0 Å². The van der Waals surface area contributed by atoms with E-state index < -0.39 is 0 Å². The molecule has 0 fully saturated rings. The van der Waals surface area contributed by atoms with E-state index >= 15 is 0 Å². The molecule has 47 valence electrons. The predicted molar refractivity (Wildman–Crippen MR) is 36.5 cm³/mol. The molecule has 2 aromatic heterocycles. The maximum absolute atomic E-state index is 4.09. The van der Waals surface area contributed by atoms with Gasteiger partial charge in [0.15, 0.2) is 0 Å². The number of hydrogen-bond donors (Lipinski definition) is 0. The van der Waals surface area contributed by atoms with Crippen molar-refractivity contribution < 1.29 is 0 Å². The number of rotatable bonds is 0. The molecule has 5 heteroatoms. The van der Waals surface area contributed by atoms with Crippen molar-refractivity contribution in [1.29, 1.82) is 0 Å². The molecule has 10 heavy (non-hydrogen) atoms. The van der Waals surface area contributed by atoms with Crippen LogP contribution in [0.2, 0.25) is 0 Å². The van der Waals surface area contributed by atoms with E-state index in [1.54, 1.807) is 18.9 Å². The Morgan fingerprint density at radius 2 is 2.30 bits per heavy atom. The van der Waals surface area contributed by atoms with Crippen LogP contribution in [0.15, 0.2) is 18.9 Å². The van der Waals surface area contributed by atoms with Crippen molar-refractivity contribution in [2.75, 3.05) is 0 Å². The summed E-state index contributed by atoms with van der Waals surface area (Å²) in [7, 11) is 0. The zero-order valence-electron chi connectivity index (χ0n) is 5.02. The van der Waals surface area contributed by atoms with E-state index in [1.165, 1.54) is 0 Å². The predicted octanol–water partition coefficient (Wildman–Crippen LogP) is -0.242. The Kier molecular flexibility index (Phi) is 1.40. The summed E-state index contributed by atoms with van der Waals surface area (Å²) in [5.41, 5.74) is 1.80. The molecule has 2 aromatic rings. The van der Waals surface area contributed by atoms with Crippen LogP contribution in [0.5, 0.6) is 0 Å². The van der Waals surface area contributed by atoms with E-state index in [-0.39, 0.29) is 0 Å². The van der Waals surface area contributed by atoms with Crippen molar-refractivity contribution in [3.05, 3.63) is 18.9 Å². The molecule has 0 aliphatic heterocycles. The van der Waals surface area contributed by atoms with Crippen LogP contribution in [0.1, 0.15) is 0 Å². The molecule has 0 N–H and O–H groups in total. The van der Waals surface area contributed by atoms with Gasteiger partial charge in [0, 0.05) is 0 Å². The SMILES string of the molecule is [Pb][n]1cnc2cncnc21. The third kappa shape index (κ3) is 0.825. The Bertz CT molecular complexity index is 355. The van der Waals surface area contributed by atoms with Crippen LogP contribution in [-0.4, -0.2) is 43.4 Å². The molecule has 0 saturated heterocycles. The molecule has 0 spiro atoms. The van der Waals surface area contributed by atoms with Crippen LogP contribution < -0.4 is 0 Å². The molecule has 0 aliphatic rings. The van der Waals surface area contributed by atoms with Crippen LogP contribution in [0.25, 0.3) is 11.2 Å². The molecular weight excluding hydrogens is 323 g/mol. The van der Waals surface area contributed by atoms with Crippen LogP contribution in [0, 0.1) is 0 Å². The normalized spacial score (nSPS) is 10.5. The molecule has 4 nitrogen and oxygen atoms in total. The van der Waals surface area contributed by atoms with Gasteiger partial charge in [-0.05, 0) is 0 Å². The Labute approximate surface area is 73.4 Å². The summed E-state index contributed by atoms with van der Waals surface area (Å²) >= 11 is 0.923. The minimum atomic E-state index is 0.873.